The Kier molecular flexibility index (Phi) is 4.22. The average molecular weight is 370 g/mol. The lowest BCUT2D eigenvalue weighted by Gasteiger charge is -2.20. The quantitative estimate of drug-likeness (QED) is 0.824. The summed E-state index contributed by atoms with van der Waals surface area (Å²) in [6.07, 6.45) is 1.74. The van der Waals surface area contributed by atoms with E-state index in [4.69, 9.17) is 21.1 Å². The molecule has 0 saturated heterocycles. The maximum atomic E-state index is 6.08. The van der Waals surface area contributed by atoms with E-state index < -0.39 is 0 Å². The number of aryl methyl sites for hydroxylation is 1. The largest absolute Gasteiger partial charge is 0.486 e. The number of fused-ring (bicyclic) bond motifs is 1. The third-order valence-corrected chi connectivity index (χ3v) is 4.01. The van der Waals surface area contributed by atoms with Gasteiger partial charge in [-0.15, -0.1) is 0 Å². The van der Waals surface area contributed by atoms with Crippen LogP contribution in [-0.2, 0) is 6.54 Å². The third kappa shape index (κ3) is 3.24. The fraction of sp³-hybridized carbons (Fsp3) is 0.267. The van der Waals surface area contributed by atoms with E-state index in [0.29, 0.717) is 24.9 Å². The zero-order valence-electron chi connectivity index (χ0n) is 11.5. The highest BCUT2D eigenvalue weighted by Gasteiger charge is 2.16. The van der Waals surface area contributed by atoms with Crippen LogP contribution in [0.3, 0.4) is 0 Å². The summed E-state index contributed by atoms with van der Waals surface area (Å²) in [6.45, 7) is 3.76. The second-order valence-corrected chi connectivity index (χ2v) is 6.02. The Morgan fingerprint density at radius 2 is 2.10 bits per heavy atom. The van der Waals surface area contributed by atoms with E-state index in [1.807, 2.05) is 25.1 Å². The van der Waals surface area contributed by atoms with Crippen molar-refractivity contribution in [2.24, 2.45) is 0 Å². The van der Waals surface area contributed by atoms with Crippen molar-refractivity contribution in [2.75, 3.05) is 18.5 Å². The number of benzene rings is 1. The highest BCUT2D eigenvalue weighted by molar-refractivity contribution is 9.10. The van der Waals surface area contributed by atoms with Crippen LogP contribution in [-0.4, -0.2) is 18.2 Å². The molecular formula is C15H14BrClN2O2. The fourth-order valence-electron chi connectivity index (χ4n) is 2.14. The van der Waals surface area contributed by atoms with E-state index in [0.717, 1.165) is 32.8 Å². The summed E-state index contributed by atoms with van der Waals surface area (Å²) in [5, 5.41) is 3.76. The zero-order chi connectivity index (χ0) is 14.8. The lowest BCUT2D eigenvalue weighted by atomic mass is 10.2. The van der Waals surface area contributed by atoms with Gasteiger partial charge in [0.15, 0.2) is 16.7 Å². The number of ether oxygens (including phenoxy) is 2. The number of nitrogens with one attached hydrogen (secondary N) is 1. The molecule has 3 rings (SSSR count). The summed E-state index contributed by atoms with van der Waals surface area (Å²) in [5.41, 5.74) is 2.96. The number of hydrogen-bond acceptors (Lipinski definition) is 4. The highest BCUT2D eigenvalue weighted by atomic mass is 79.9. The summed E-state index contributed by atoms with van der Waals surface area (Å²) in [7, 11) is 0. The minimum Gasteiger partial charge on any atom is -0.486 e. The molecule has 2 aromatic rings. The Labute approximate surface area is 136 Å². The molecule has 4 nitrogen and oxygen atoms in total. The Morgan fingerprint density at radius 3 is 2.95 bits per heavy atom. The number of rotatable bonds is 3. The van der Waals surface area contributed by atoms with Gasteiger partial charge in [-0.05, 0) is 52.2 Å². The highest BCUT2D eigenvalue weighted by Crippen LogP contribution is 2.38. The van der Waals surface area contributed by atoms with Crippen LogP contribution in [0.25, 0.3) is 0 Å². The number of nitrogens with zero attached hydrogens (tertiary/aromatic N) is 1. The third-order valence-electron chi connectivity index (χ3n) is 3.12. The minimum absolute atomic E-state index is 0.470. The predicted octanol–water partition coefficient (Wildman–Crippen LogP) is 4.19. The molecule has 21 heavy (non-hydrogen) atoms. The summed E-state index contributed by atoms with van der Waals surface area (Å²) < 4.78 is 12.1. The summed E-state index contributed by atoms with van der Waals surface area (Å²) >= 11 is 9.60. The van der Waals surface area contributed by atoms with Crippen molar-refractivity contribution in [1.82, 2.24) is 4.98 Å². The Bertz CT molecular complexity index is 679. The first-order valence-corrected chi connectivity index (χ1v) is 7.74. The van der Waals surface area contributed by atoms with Crippen molar-refractivity contribution in [3.63, 3.8) is 0 Å². The van der Waals surface area contributed by atoms with E-state index >= 15 is 0 Å². The monoisotopic (exact) mass is 368 g/mol. The van der Waals surface area contributed by atoms with Gasteiger partial charge < -0.3 is 14.8 Å². The summed E-state index contributed by atoms with van der Waals surface area (Å²) in [5.74, 6) is 1.53. The van der Waals surface area contributed by atoms with Gasteiger partial charge in [-0.25, -0.2) is 4.98 Å². The minimum atomic E-state index is 0.470. The SMILES string of the molecule is Cc1cnc(Cl)c(NCc2cc(Br)c3c(c2)OCCO3)c1. The predicted molar refractivity (Wildman–Crippen MR) is 86.4 cm³/mol. The van der Waals surface area contributed by atoms with Crippen LogP contribution in [0.15, 0.2) is 28.9 Å². The first kappa shape index (κ1) is 14.5. The Morgan fingerprint density at radius 1 is 1.29 bits per heavy atom. The van der Waals surface area contributed by atoms with E-state index in [1.54, 1.807) is 6.20 Å². The molecule has 110 valence electrons. The molecule has 1 N–H and O–H groups in total. The molecule has 0 fully saturated rings. The molecule has 0 aliphatic carbocycles. The molecule has 0 saturated carbocycles. The van der Waals surface area contributed by atoms with Gasteiger partial charge in [0.2, 0.25) is 0 Å². The molecule has 1 aromatic heterocycles. The van der Waals surface area contributed by atoms with E-state index in [2.05, 4.69) is 26.2 Å². The van der Waals surface area contributed by atoms with Crippen LogP contribution in [0.1, 0.15) is 11.1 Å². The van der Waals surface area contributed by atoms with Crippen LogP contribution in [0, 0.1) is 6.92 Å². The fourth-order valence-corrected chi connectivity index (χ4v) is 2.91. The van der Waals surface area contributed by atoms with Gasteiger partial charge in [0, 0.05) is 12.7 Å². The van der Waals surface area contributed by atoms with Crippen LogP contribution in [0.4, 0.5) is 5.69 Å². The molecule has 1 aromatic carbocycles. The van der Waals surface area contributed by atoms with Gasteiger partial charge in [0.05, 0.1) is 10.2 Å². The van der Waals surface area contributed by atoms with Gasteiger partial charge in [-0.2, -0.15) is 0 Å². The van der Waals surface area contributed by atoms with Crippen LogP contribution < -0.4 is 14.8 Å². The van der Waals surface area contributed by atoms with E-state index in [1.165, 1.54) is 0 Å². The van der Waals surface area contributed by atoms with Crippen molar-refractivity contribution in [1.29, 1.82) is 0 Å². The van der Waals surface area contributed by atoms with Gasteiger partial charge in [-0.3, -0.25) is 0 Å². The molecule has 6 heteroatoms. The molecule has 0 bridgehead atoms. The normalized spacial score (nSPS) is 13.1. The maximum absolute atomic E-state index is 6.08. The number of hydrogen-bond donors (Lipinski definition) is 1. The zero-order valence-corrected chi connectivity index (χ0v) is 13.8. The summed E-state index contributed by atoms with van der Waals surface area (Å²) in [6, 6.07) is 5.96. The Balaban J connectivity index is 1.79. The standard InChI is InChI=1S/C15H14BrClN2O2/c1-9-4-12(15(17)19-7-9)18-8-10-5-11(16)14-13(6-10)20-2-3-21-14/h4-7,18H,2-3,8H2,1H3. The topological polar surface area (TPSA) is 43.4 Å². The molecule has 0 unspecified atom stereocenters. The molecule has 1 aliphatic heterocycles. The van der Waals surface area contributed by atoms with Gasteiger partial charge >= 0.3 is 0 Å². The van der Waals surface area contributed by atoms with Crippen molar-refractivity contribution in [3.8, 4) is 11.5 Å². The lowest BCUT2D eigenvalue weighted by molar-refractivity contribution is 0.170. The molecular weight excluding hydrogens is 356 g/mol. The summed E-state index contributed by atoms with van der Waals surface area (Å²) in [4.78, 5) is 4.13. The van der Waals surface area contributed by atoms with Crippen molar-refractivity contribution >= 4 is 33.2 Å². The Hall–Kier alpha value is -1.46. The number of halogens is 2. The number of aromatic nitrogens is 1. The molecule has 0 radical (unpaired) electrons. The van der Waals surface area contributed by atoms with Crippen molar-refractivity contribution < 1.29 is 9.47 Å². The van der Waals surface area contributed by atoms with Crippen LogP contribution in [0.5, 0.6) is 11.5 Å². The van der Waals surface area contributed by atoms with E-state index in [-0.39, 0.29) is 0 Å². The van der Waals surface area contributed by atoms with Crippen molar-refractivity contribution in [2.45, 2.75) is 13.5 Å². The van der Waals surface area contributed by atoms with Crippen molar-refractivity contribution in [3.05, 3.63) is 45.1 Å². The second-order valence-electron chi connectivity index (χ2n) is 4.81. The smallest absolute Gasteiger partial charge is 0.175 e. The van der Waals surface area contributed by atoms with Crippen LogP contribution in [0.2, 0.25) is 5.15 Å². The molecule has 0 spiro atoms. The van der Waals surface area contributed by atoms with E-state index in [9.17, 15) is 0 Å². The average Bonchev–Trinajstić information content (AvgIpc) is 2.48. The molecule has 0 atom stereocenters. The molecule has 1 aliphatic rings. The second kappa shape index (κ2) is 6.12. The molecule has 0 amide bonds. The van der Waals surface area contributed by atoms with Crippen LogP contribution >= 0.6 is 27.5 Å². The lowest BCUT2D eigenvalue weighted by Crippen LogP contribution is -2.16. The first-order valence-electron chi connectivity index (χ1n) is 6.57. The van der Waals surface area contributed by atoms with Gasteiger partial charge in [-0.1, -0.05) is 11.6 Å². The van der Waals surface area contributed by atoms with Gasteiger partial charge in [0.25, 0.3) is 0 Å². The molecule has 2 heterocycles. The number of pyridine rings is 1. The maximum Gasteiger partial charge on any atom is 0.175 e. The number of anilines is 1. The van der Waals surface area contributed by atoms with Gasteiger partial charge in [0.1, 0.15) is 13.2 Å². The first-order chi connectivity index (χ1) is 10.1.